The van der Waals surface area contributed by atoms with Gasteiger partial charge in [0.1, 0.15) is 5.82 Å². The van der Waals surface area contributed by atoms with Crippen LogP contribution in [0.2, 0.25) is 0 Å². The van der Waals surface area contributed by atoms with Gasteiger partial charge in [-0.25, -0.2) is 4.39 Å². The molecule has 1 aromatic carbocycles. The van der Waals surface area contributed by atoms with Gasteiger partial charge in [-0.3, -0.25) is 0 Å². The van der Waals surface area contributed by atoms with Crippen molar-refractivity contribution in [1.82, 2.24) is 10.1 Å². The summed E-state index contributed by atoms with van der Waals surface area (Å²) in [5, 5.41) is 4.00. The first-order valence-corrected chi connectivity index (χ1v) is 6.46. The molecule has 1 atom stereocenters. The molecule has 1 fully saturated rings. The second-order valence-electron chi connectivity index (χ2n) is 4.73. The van der Waals surface area contributed by atoms with Crippen molar-refractivity contribution in [2.45, 2.75) is 25.2 Å². The Morgan fingerprint density at radius 3 is 2.79 bits per heavy atom. The third-order valence-corrected chi connectivity index (χ3v) is 3.32. The highest BCUT2D eigenvalue weighted by molar-refractivity contribution is 5.16. The van der Waals surface area contributed by atoms with Crippen LogP contribution in [0.1, 0.15) is 29.6 Å². The predicted molar refractivity (Wildman–Crippen MR) is 66.3 cm³/mol. The maximum Gasteiger partial charge on any atom is 0.226 e. The lowest BCUT2D eigenvalue weighted by molar-refractivity contribution is 0.192. The number of hydrogen-bond acceptors (Lipinski definition) is 4. The summed E-state index contributed by atoms with van der Waals surface area (Å²) >= 11 is 0. The Labute approximate surface area is 110 Å². The van der Waals surface area contributed by atoms with Crippen LogP contribution in [-0.2, 0) is 17.6 Å². The topological polar surface area (TPSA) is 48.2 Å². The van der Waals surface area contributed by atoms with Gasteiger partial charge in [0.25, 0.3) is 0 Å². The molecule has 0 saturated carbocycles. The smallest absolute Gasteiger partial charge is 0.226 e. The van der Waals surface area contributed by atoms with Gasteiger partial charge in [0.05, 0.1) is 6.61 Å². The van der Waals surface area contributed by atoms with E-state index in [2.05, 4.69) is 10.1 Å². The predicted octanol–water partition coefficient (Wildman–Crippen LogP) is 2.50. The first-order valence-electron chi connectivity index (χ1n) is 6.46. The van der Waals surface area contributed by atoms with Crippen molar-refractivity contribution in [1.29, 1.82) is 0 Å². The van der Waals surface area contributed by atoms with Gasteiger partial charge in [-0.15, -0.1) is 0 Å². The van der Waals surface area contributed by atoms with Crippen LogP contribution >= 0.6 is 0 Å². The van der Waals surface area contributed by atoms with Crippen LogP contribution < -0.4 is 0 Å². The van der Waals surface area contributed by atoms with Crippen LogP contribution in [0.15, 0.2) is 28.8 Å². The number of benzene rings is 1. The Morgan fingerprint density at radius 1 is 1.21 bits per heavy atom. The van der Waals surface area contributed by atoms with Crippen LogP contribution in [0.5, 0.6) is 0 Å². The van der Waals surface area contributed by atoms with Gasteiger partial charge in [-0.2, -0.15) is 4.98 Å². The third kappa shape index (κ3) is 2.98. The number of ether oxygens (including phenoxy) is 1. The summed E-state index contributed by atoms with van der Waals surface area (Å²) in [6, 6.07) is 6.48. The molecule has 1 saturated heterocycles. The zero-order chi connectivity index (χ0) is 13.1. The van der Waals surface area contributed by atoms with Gasteiger partial charge in [-0.1, -0.05) is 17.3 Å². The van der Waals surface area contributed by atoms with Gasteiger partial charge in [0.2, 0.25) is 5.89 Å². The third-order valence-electron chi connectivity index (χ3n) is 3.32. The van der Waals surface area contributed by atoms with Crippen molar-refractivity contribution in [3.63, 3.8) is 0 Å². The molecule has 3 rings (SSSR count). The average Bonchev–Trinajstić information content (AvgIpc) is 3.09. The summed E-state index contributed by atoms with van der Waals surface area (Å²) in [5.41, 5.74) is 1.06. The molecule has 0 unspecified atom stereocenters. The minimum Gasteiger partial charge on any atom is -0.381 e. The van der Waals surface area contributed by atoms with Gasteiger partial charge in [-0.05, 0) is 30.5 Å². The average molecular weight is 262 g/mol. The molecule has 1 aromatic heterocycles. The van der Waals surface area contributed by atoms with Crippen molar-refractivity contribution in [3.05, 3.63) is 47.4 Å². The molecular weight excluding hydrogens is 247 g/mol. The number of rotatable bonds is 4. The molecule has 0 bridgehead atoms. The van der Waals surface area contributed by atoms with E-state index in [9.17, 15) is 4.39 Å². The normalized spacial score (nSPS) is 18.9. The number of aryl methyl sites for hydroxylation is 2. The highest BCUT2D eigenvalue weighted by Gasteiger charge is 2.22. The van der Waals surface area contributed by atoms with Crippen LogP contribution in [0, 0.1) is 5.82 Å². The summed E-state index contributed by atoms with van der Waals surface area (Å²) in [4.78, 5) is 4.39. The molecule has 1 aliphatic heterocycles. The van der Waals surface area contributed by atoms with Gasteiger partial charge in [0, 0.05) is 18.9 Å². The summed E-state index contributed by atoms with van der Waals surface area (Å²) in [6.45, 7) is 1.45. The Balaban J connectivity index is 1.59. The number of halogens is 1. The molecule has 0 aliphatic carbocycles. The lowest BCUT2D eigenvalue weighted by Crippen LogP contribution is -2.00. The first-order chi connectivity index (χ1) is 9.31. The largest absolute Gasteiger partial charge is 0.381 e. The van der Waals surface area contributed by atoms with E-state index in [4.69, 9.17) is 9.26 Å². The summed E-state index contributed by atoms with van der Waals surface area (Å²) < 4.78 is 23.3. The van der Waals surface area contributed by atoms with E-state index in [0.717, 1.165) is 30.8 Å². The zero-order valence-electron chi connectivity index (χ0n) is 10.5. The Hall–Kier alpha value is -1.75. The molecule has 100 valence electrons. The molecule has 0 spiro atoms. The highest BCUT2D eigenvalue weighted by Crippen LogP contribution is 2.22. The Kier molecular flexibility index (Phi) is 3.55. The number of nitrogens with zero attached hydrogens (tertiary/aromatic N) is 2. The maximum absolute atomic E-state index is 12.8. The zero-order valence-corrected chi connectivity index (χ0v) is 10.5. The van der Waals surface area contributed by atoms with Crippen molar-refractivity contribution in [2.24, 2.45) is 0 Å². The van der Waals surface area contributed by atoms with E-state index in [0.29, 0.717) is 18.9 Å². The molecule has 19 heavy (non-hydrogen) atoms. The lowest BCUT2D eigenvalue weighted by Gasteiger charge is -1.98. The molecule has 0 amide bonds. The van der Waals surface area contributed by atoms with Crippen LogP contribution in [-0.4, -0.2) is 23.4 Å². The molecule has 1 aliphatic rings. The fraction of sp³-hybridized carbons (Fsp3) is 0.429. The van der Waals surface area contributed by atoms with E-state index < -0.39 is 0 Å². The fourth-order valence-electron chi connectivity index (χ4n) is 2.18. The molecular formula is C14H15FN2O2. The van der Waals surface area contributed by atoms with Crippen LogP contribution in [0.25, 0.3) is 0 Å². The van der Waals surface area contributed by atoms with Crippen LogP contribution in [0.4, 0.5) is 4.39 Å². The molecule has 5 heteroatoms. The second-order valence-corrected chi connectivity index (χ2v) is 4.73. The summed E-state index contributed by atoms with van der Waals surface area (Å²) in [7, 11) is 0. The van der Waals surface area contributed by atoms with Gasteiger partial charge in [0.15, 0.2) is 5.82 Å². The van der Waals surface area contributed by atoms with Crippen molar-refractivity contribution >= 4 is 0 Å². The molecule has 2 heterocycles. The highest BCUT2D eigenvalue weighted by atomic mass is 19.1. The molecule has 0 N–H and O–H groups in total. The maximum atomic E-state index is 12.8. The van der Waals surface area contributed by atoms with E-state index in [1.54, 1.807) is 12.1 Å². The quantitative estimate of drug-likeness (QED) is 0.849. The number of hydrogen-bond donors (Lipinski definition) is 0. The van der Waals surface area contributed by atoms with Crippen molar-refractivity contribution in [2.75, 3.05) is 13.2 Å². The first kappa shape index (κ1) is 12.3. The monoisotopic (exact) mass is 262 g/mol. The van der Waals surface area contributed by atoms with Crippen LogP contribution in [0.3, 0.4) is 0 Å². The van der Waals surface area contributed by atoms with Crippen molar-refractivity contribution in [3.8, 4) is 0 Å². The SMILES string of the molecule is Fc1ccc(CCc2nc([C@@H]3CCOC3)no2)cc1. The minimum atomic E-state index is -0.218. The van der Waals surface area contributed by atoms with Gasteiger partial charge >= 0.3 is 0 Å². The van der Waals surface area contributed by atoms with Crippen molar-refractivity contribution < 1.29 is 13.7 Å². The Bertz CT molecular complexity index is 533. The summed E-state index contributed by atoms with van der Waals surface area (Å²) in [6.07, 6.45) is 2.40. The van der Waals surface area contributed by atoms with E-state index in [1.165, 1.54) is 12.1 Å². The second kappa shape index (κ2) is 5.48. The fourth-order valence-corrected chi connectivity index (χ4v) is 2.18. The molecule has 0 radical (unpaired) electrons. The van der Waals surface area contributed by atoms with E-state index >= 15 is 0 Å². The van der Waals surface area contributed by atoms with Gasteiger partial charge < -0.3 is 9.26 Å². The molecule has 4 nitrogen and oxygen atoms in total. The van der Waals surface area contributed by atoms with E-state index in [1.807, 2.05) is 0 Å². The Morgan fingerprint density at radius 2 is 2.05 bits per heavy atom. The summed E-state index contributed by atoms with van der Waals surface area (Å²) in [5.74, 6) is 1.42. The standard InChI is InChI=1S/C14H15FN2O2/c15-12-4-1-10(2-5-12)3-6-13-16-14(17-19-13)11-7-8-18-9-11/h1-2,4-5,11H,3,6-9H2/t11-/m1/s1. The molecule has 2 aromatic rings. The lowest BCUT2D eigenvalue weighted by atomic mass is 10.1. The van der Waals surface area contributed by atoms with E-state index in [-0.39, 0.29) is 11.7 Å². The minimum absolute atomic E-state index is 0.218. The number of aromatic nitrogens is 2.